The van der Waals surface area contributed by atoms with Gasteiger partial charge in [-0.3, -0.25) is 4.57 Å². The molecule has 4 nitrogen and oxygen atoms in total. The number of hydrogen-bond acceptors (Lipinski definition) is 3. The van der Waals surface area contributed by atoms with E-state index in [-0.39, 0.29) is 0 Å². The van der Waals surface area contributed by atoms with E-state index in [1.807, 2.05) is 13.3 Å². The molecule has 18 heavy (non-hydrogen) atoms. The number of alkyl halides is 1. The van der Waals surface area contributed by atoms with Crippen LogP contribution in [0.4, 0.5) is 0 Å². The third-order valence-electron chi connectivity index (χ3n) is 3.36. The normalized spacial score (nSPS) is 14.6. The number of fused-ring (bicyclic) bond motifs is 1. The molecule has 94 valence electrons. The highest BCUT2D eigenvalue weighted by Gasteiger charge is 2.18. The van der Waals surface area contributed by atoms with E-state index in [1.54, 1.807) is 6.20 Å². The predicted octanol–water partition coefficient (Wildman–Crippen LogP) is 2.59. The highest BCUT2D eigenvalue weighted by atomic mass is 35.5. The van der Waals surface area contributed by atoms with Gasteiger partial charge in [0.15, 0.2) is 0 Å². The summed E-state index contributed by atoms with van der Waals surface area (Å²) in [6.45, 7) is 1.89. The fourth-order valence-corrected chi connectivity index (χ4v) is 2.63. The van der Waals surface area contributed by atoms with Crippen LogP contribution in [0.1, 0.15) is 35.6 Å². The highest BCUT2D eigenvalue weighted by molar-refractivity contribution is 6.17. The van der Waals surface area contributed by atoms with Crippen LogP contribution < -0.4 is 0 Å². The number of aryl methyl sites for hydroxylation is 2. The SMILES string of the molecule is Cc1ncc(CCl)c(-n2cnc3c2CCCC3)n1. The Morgan fingerprint density at radius 1 is 1.28 bits per heavy atom. The van der Waals surface area contributed by atoms with E-state index in [9.17, 15) is 0 Å². The fraction of sp³-hybridized carbons (Fsp3) is 0.462. The number of imidazole rings is 1. The third kappa shape index (κ3) is 1.90. The number of aromatic nitrogens is 4. The van der Waals surface area contributed by atoms with Crippen molar-refractivity contribution in [2.75, 3.05) is 0 Å². The van der Waals surface area contributed by atoms with E-state index in [0.717, 1.165) is 30.0 Å². The molecule has 0 saturated heterocycles. The van der Waals surface area contributed by atoms with Crippen LogP contribution in [0, 0.1) is 6.92 Å². The van der Waals surface area contributed by atoms with Crippen molar-refractivity contribution in [3.63, 3.8) is 0 Å². The molecule has 0 aliphatic heterocycles. The van der Waals surface area contributed by atoms with Crippen LogP contribution in [0.5, 0.6) is 0 Å². The van der Waals surface area contributed by atoms with Gasteiger partial charge in [-0.25, -0.2) is 15.0 Å². The van der Waals surface area contributed by atoms with Crippen LogP contribution in [0.2, 0.25) is 0 Å². The molecule has 0 unspecified atom stereocenters. The second kappa shape index (κ2) is 4.69. The van der Waals surface area contributed by atoms with Gasteiger partial charge in [0.25, 0.3) is 0 Å². The quantitative estimate of drug-likeness (QED) is 0.782. The van der Waals surface area contributed by atoms with Crippen molar-refractivity contribution in [3.8, 4) is 5.82 Å². The molecule has 0 aromatic carbocycles. The zero-order valence-corrected chi connectivity index (χ0v) is 11.1. The van der Waals surface area contributed by atoms with Crippen molar-refractivity contribution in [1.82, 2.24) is 19.5 Å². The first kappa shape index (κ1) is 11.7. The van der Waals surface area contributed by atoms with Crippen molar-refractivity contribution < 1.29 is 0 Å². The maximum Gasteiger partial charge on any atom is 0.146 e. The van der Waals surface area contributed by atoms with E-state index in [0.29, 0.717) is 5.88 Å². The molecule has 0 amide bonds. The summed E-state index contributed by atoms with van der Waals surface area (Å²) in [7, 11) is 0. The predicted molar refractivity (Wildman–Crippen MR) is 70.1 cm³/mol. The molecular weight excluding hydrogens is 248 g/mol. The van der Waals surface area contributed by atoms with Crippen molar-refractivity contribution in [1.29, 1.82) is 0 Å². The van der Waals surface area contributed by atoms with Crippen molar-refractivity contribution in [2.45, 2.75) is 38.5 Å². The summed E-state index contributed by atoms with van der Waals surface area (Å²) in [6, 6.07) is 0. The number of hydrogen-bond donors (Lipinski definition) is 0. The number of rotatable bonds is 2. The lowest BCUT2D eigenvalue weighted by molar-refractivity contribution is 0.653. The number of halogens is 1. The summed E-state index contributed by atoms with van der Waals surface area (Å²) in [6.07, 6.45) is 8.27. The minimum atomic E-state index is 0.419. The first-order chi connectivity index (χ1) is 8.79. The van der Waals surface area contributed by atoms with Crippen LogP contribution in [0.25, 0.3) is 5.82 Å². The lowest BCUT2D eigenvalue weighted by Crippen LogP contribution is -2.10. The molecule has 2 aromatic rings. The second-order valence-electron chi connectivity index (χ2n) is 4.61. The van der Waals surface area contributed by atoms with E-state index < -0.39 is 0 Å². The molecule has 0 saturated carbocycles. The Morgan fingerprint density at radius 3 is 2.94 bits per heavy atom. The minimum Gasteiger partial charge on any atom is -0.287 e. The molecule has 0 bridgehead atoms. The molecule has 1 aliphatic rings. The molecular formula is C13H15ClN4. The topological polar surface area (TPSA) is 43.6 Å². The van der Waals surface area contributed by atoms with Crippen molar-refractivity contribution in [3.05, 3.63) is 35.3 Å². The Hall–Kier alpha value is -1.42. The summed E-state index contributed by atoms with van der Waals surface area (Å²) >= 11 is 5.97. The molecule has 1 aliphatic carbocycles. The first-order valence-corrected chi connectivity index (χ1v) is 6.77. The summed E-state index contributed by atoms with van der Waals surface area (Å²) < 4.78 is 2.08. The lowest BCUT2D eigenvalue weighted by atomic mass is 10.0. The second-order valence-corrected chi connectivity index (χ2v) is 4.88. The average molecular weight is 263 g/mol. The molecule has 0 spiro atoms. The van der Waals surface area contributed by atoms with Gasteiger partial charge in [-0.05, 0) is 32.6 Å². The van der Waals surface area contributed by atoms with Crippen LogP contribution in [-0.4, -0.2) is 19.5 Å². The Bertz CT molecular complexity index is 576. The fourth-order valence-electron chi connectivity index (χ4n) is 2.44. The standard InChI is InChI=1S/C13H15ClN4/c1-9-15-7-10(6-14)13(17-9)18-8-16-11-4-2-3-5-12(11)18/h7-8H,2-6H2,1H3. The van der Waals surface area contributed by atoms with E-state index in [4.69, 9.17) is 11.6 Å². The van der Waals surface area contributed by atoms with Gasteiger partial charge < -0.3 is 0 Å². The van der Waals surface area contributed by atoms with E-state index >= 15 is 0 Å². The Morgan fingerprint density at radius 2 is 2.11 bits per heavy atom. The molecule has 2 aromatic heterocycles. The van der Waals surface area contributed by atoms with Gasteiger partial charge in [0.2, 0.25) is 0 Å². The molecule has 3 rings (SSSR count). The van der Waals surface area contributed by atoms with Gasteiger partial charge in [-0.2, -0.15) is 0 Å². The maximum absolute atomic E-state index is 5.97. The lowest BCUT2D eigenvalue weighted by Gasteiger charge is -2.15. The average Bonchev–Trinajstić information content (AvgIpc) is 2.82. The van der Waals surface area contributed by atoms with E-state index in [1.165, 1.54) is 24.2 Å². The maximum atomic E-state index is 5.97. The van der Waals surface area contributed by atoms with E-state index in [2.05, 4.69) is 19.5 Å². The highest BCUT2D eigenvalue weighted by Crippen LogP contribution is 2.24. The smallest absolute Gasteiger partial charge is 0.146 e. The largest absolute Gasteiger partial charge is 0.287 e. The zero-order valence-electron chi connectivity index (χ0n) is 10.4. The molecule has 5 heteroatoms. The van der Waals surface area contributed by atoms with Crippen molar-refractivity contribution in [2.24, 2.45) is 0 Å². The molecule has 2 heterocycles. The summed E-state index contributed by atoms with van der Waals surface area (Å²) in [5.41, 5.74) is 3.44. The van der Waals surface area contributed by atoms with Gasteiger partial charge in [-0.15, -0.1) is 11.6 Å². The van der Waals surface area contributed by atoms with Crippen LogP contribution >= 0.6 is 11.6 Å². The monoisotopic (exact) mass is 262 g/mol. The zero-order chi connectivity index (χ0) is 12.5. The van der Waals surface area contributed by atoms with Gasteiger partial charge >= 0.3 is 0 Å². The number of nitrogens with zero attached hydrogens (tertiary/aromatic N) is 4. The summed E-state index contributed by atoms with van der Waals surface area (Å²) in [5, 5.41) is 0. The third-order valence-corrected chi connectivity index (χ3v) is 3.65. The van der Waals surface area contributed by atoms with Gasteiger partial charge in [-0.1, -0.05) is 0 Å². The summed E-state index contributed by atoms with van der Waals surface area (Å²) in [4.78, 5) is 13.2. The summed E-state index contributed by atoms with van der Waals surface area (Å²) in [5.74, 6) is 2.06. The molecule has 0 radical (unpaired) electrons. The molecule has 0 N–H and O–H groups in total. The molecule has 0 fully saturated rings. The van der Waals surface area contributed by atoms with Crippen LogP contribution in [0.15, 0.2) is 12.5 Å². The van der Waals surface area contributed by atoms with Gasteiger partial charge in [0, 0.05) is 17.5 Å². The van der Waals surface area contributed by atoms with Crippen LogP contribution in [0.3, 0.4) is 0 Å². The Kier molecular flexibility index (Phi) is 3.04. The van der Waals surface area contributed by atoms with Gasteiger partial charge in [0.1, 0.15) is 18.0 Å². The van der Waals surface area contributed by atoms with Crippen LogP contribution in [-0.2, 0) is 18.7 Å². The Balaban J connectivity index is 2.14. The van der Waals surface area contributed by atoms with Gasteiger partial charge in [0.05, 0.1) is 11.6 Å². The first-order valence-electron chi connectivity index (χ1n) is 6.23. The van der Waals surface area contributed by atoms with Crippen molar-refractivity contribution >= 4 is 11.6 Å². The minimum absolute atomic E-state index is 0.419. The Labute approximate surface area is 111 Å². The molecule has 0 atom stereocenters.